The summed E-state index contributed by atoms with van der Waals surface area (Å²) in [4.78, 5) is 16.3. The first kappa shape index (κ1) is 13.6. The molecule has 0 fully saturated rings. The molecule has 106 valence electrons. The summed E-state index contributed by atoms with van der Waals surface area (Å²) in [5.41, 5.74) is 2.40. The zero-order chi connectivity index (χ0) is 14.8. The maximum Gasteiger partial charge on any atom is 0.228 e. The van der Waals surface area contributed by atoms with Crippen LogP contribution in [-0.2, 0) is 18.3 Å². The number of carbonyl (C=O) groups is 1. The van der Waals surface area contributed by atoms with Crippen molar-refractivity contribution in [3.63, 3.8) is 0 Å². The van der Waals surface area contributed by atoms with Gasteiger partial charge in [-0.25, -0.2) is 0 Å². The Morgan fingerprint density at radius 3 is 3.00 bits per heavy atom. The van der Waals surface area contributed by atoms with E-state index < -0.39 is 0 Å². The lowest BCUT2D eigenvalue weighted by Gasteiger charge is -2.06. The first-order valence-electron chi connectivity index (χ1n) is 6.43. The minimum absolute atomic E-state index is 0.115. The number of carbonyl (C=O) groups excluding carboxylic acids is 1. The Labute approximate surface area is 126 Å². The average Bonchev–Trinajstić information content (AvgIpc) is 2.82. The van der Waals surface area contributed by atoms with E-state index in [9.17, 15) is 4.79 Å². The molecule has 0 saturated carbocycles. The maximum absolute atomic E-state index is 12.1. The average molecular weight is 301 g/mol. The SMILES string of the molecule is Cn1ncc2c(NC(=O)Cc3cccc(Cl)c3)cncc21. The van der Waals surface area contributed by atoms with Crippen LogP contribution in [0.1, 0.15) is 5.56 Å². The standard InChI is InChI=1S/C15H13ClN4O/c1-20-14-9-17-8-13(12(14)7-18-20)19-15(21)6-10-3-2-4-11(16)5-10/h2-5,7-9H,6H2,1H3,(H,19,21). The molecule has 0 bridgehead atoms. The van der Waals surface area contributed by atoms with Crippen molar-refractivity contribution in [2.45, 2.75) is 6.42 Å². The normalized spacial score (nSPS) is 10.8. The van der Waals surface area contributed by atoms with E-state index in [0.29, 0.717) is 10.7 Å². The van der Waals surface area contributed by atoms with Crippen LogP contribution < -0.4 is 5.32 Å². The quantitative estimate of drug-likeness (QED) is 0.809. The van der Waals surface area contributed by atoms with Crippen molar-refractivity contribution in [3.05, 3.63) is 53.4 Å². The maximum atomic E-state index is 12.1. The number of benzene rings is 1. The number of anilines is 1. The van der Waals surface area contributed by atoms with Gasteiger partial charge in [0.1, 0.15) is 0 Å². The second kappa shape index (κ2) is 5.54. The Morgan fingerprint density at radius 2 is 2.19 bits per heavy atom. The molecule has 3 rings (SSSR count). The highest BCUT2D eigenvalue weighted by Crippen LogP contribution is 2.21. The van der Waals surface area contributed by atoms with Crippen LogP contribution in [0.4, 0.5) is 5.69 Å². The van der Waals surface area contributed by atoms with Crippen LogP contribution in [0.2, 0.25) is 5.02 Å². The first-order chi connectivity index (χ1) is 10.1. The van der Waals surface area contributed by atoms with Crippen molar-refractivity contribution in [1.82, 2.24) is 14.8 Å². The van der Waals surface area contributed by atoms with E-state index >= 15 is 0 Å². The molecule has 0 atom stereocenters. The number of aryl methyl sites for hydroxylation is 1. The highest BCUT2D eigenvalue weighted by atomic mass is 35.5. The molecule has 0 unspecified atom stereocenters. The van der Waals surface area contributed by atoms with E-state index in [4.69, 9.17) is 11.6 Å². The number of hydrogen-bond acceptors (Lipinski definition) is 3. The summed E-state index contributed by atoms with van der Waals surface area (Å²) in [6.07, 6.45) is 5.32. The largest absolute Gasteiger partial charge is 0.324 e. The zero-order valence-corrected chi connectivity index (χ0v) is 12.1. The van der Waals surface area contributed by atoms with Crippen molar-refractivity contribution in [1.29, 1.82) is 0 Å². The van der Waals surface area contributed by atoms with Crippen molar-refractivity contribution in [3.8, 4) is 0 Å². The molecule has 0 aliphatic rings. The van der Waals surface area contributed by atoms with E-state index in [2.05, 4.69) is 15.4 Å². The lowest BCUT2D eigenvalue weighted by molar-refractivity contribution is -0.115. The van der Waals surface area contributed by atoms with Crippen LogP contribution in [0.5, 0.6) is 0 Å². The Morgan fingerprint density at radius 1 is 1.33 bits per heavy atom. The molecule has 2 aromatic heterocycles. The van der Waals surface area contributed by atoms with E-state index in [1.807, 2.05) is 19.2 Å². The predicted molar refractivity (Wildman–Crippen MR) is 82.3 cm³/mol. The molecule has 1 amide bonds. The molecular weight excluding hydrogens is 288 g/mol. The number of nitrogens with one attached hydrogen (secondary N) is 1. The monoisotopic (exact) mass is 300 g/mol. The smallest absolute Gasteiger partial charge is 0.228 e. The molecular formula is C15H13ClN4O. The van der Waals surface area contributed by atoms with Crippen LogP contribution in [0.25, 0.3) is 10.9 Å². The Hall–Kier alpha value is -2.40. The molecule has 0 spiro atoms. The molecule has 3 aromatic rings. The van der Waals surface area contributed by atoms with Gasteiger partial charge in [-0.15, -0.1) is 0 Å². The predicted octanol–water partition coefficient (Wildman–Crippen LogP) is 2.80. The minimum atomic E-state index is -0.115. The second-order valence-corrected chi connectivity index (χ2v) is 5.18. The van der Waals surface area contributed by atoms with Crippen molar-refractivity contribution < 1.29 is 4.79 Å². The Bertz CT molecular complexity index is 812. The molecule has 0 radical (unpaired) electrons. The lowest BCUT2D eigenvalue weighted by Crippen LogP contribution is -2.14. The number of halogens is 1. The topological polar surface area (TPSA) is 59.8 Å². The number of nitrogens with zero attached hydrogens (tertiary/aromatic N) is 3. The lowest BCUT2D eigenvalue weighted by atomic mass is 10.1. The van der Waals surface area contributed by atoms with E-state index in [1.165, 1.54) is 0 Å². The summed E-state index contributed by atoms with van der Waals surface area (Å²) < 4.78 is 1.72. The Kier molecular flexibility index (Phi) is 3.58. The number of pyridine rings is 1. The van der Waals surface area contributed by atoms with Crippen molar-refractivity contribution in [2.75, 3.05) is 5.32 Å². The van der Waals surface area contributed by atoms with Crippen LogP contribution in [-0.4, -0.2) is 20.7 Å². The third-order valence-corrected chi connectivity index (χ3v) is 3.44. The van der Waals surface area contributed by atoms with Crippen LogP contribution in [0, 0.1) is 0 Å². The van der Waals surface area contributed by atoms with Crippen molar-refractivity contribution >= 4 is 34.1 Å². The summed E-state index contributed by atoms with van der Waals surface area (Å²) in [5, 5.41) is 8.52. The molecule has 0 aliphatic heterocycles. The molecule has 5 nitrogen and oxygen atoms in total. The van der Waals surface area contributed by atoms with Crippen LogP contribution >= 0.6 is 11.6 Å². The summed E-state index contributed by atoms with van der Waals surface area (Å²) in [6, 6.07) is 7.26. The summed E-state index contributed by atoms with van der Waals surface area (Å²) in [7, 11) is 1.83. The van der Waals surface area contributed by atoms with Crippen LogP contribution in [0.3, 0.4) is 0 Å². The fraction of sp³-hybridized carbons (Fsp3) is 0.133. The van der Waals surface area contributed by atoms with E-state index in [1.54, 1.807) is 35.4 Å². The molecule has 0 aliphatic carbocycles. The zero-order valence-electron chi connectivity index (χ0n) is 11.4. The summed E-state index contributed by atoms with van der Waals surface area (Å²) >= 11 is 5.92. The fourth-order valence-corrected chi connectivity index (χ4v) is 2.40. The van der Waals surface area contributed by atoms with Gasteiger partial charge in [-0.05, 0) is 17.7 Å². The van der Waals surface area contributed by atoms with Gasteiger partial charge in [-0.1, -0.05) is 23.7 Å². The van der Waals surface area contributed by atoms with Gasteiger partial charge < -0.3 is 5.32 Å². The van der Waals surface area contributed by atoms with Gasteiger partial charge in [-0.3, -0.25) is 14.5 Å². The number of fused-ring (bicyclic) bond motifs is 1. The van der Waals surface area contributed by atoms with Gasteiger partial charge in [0.2, 0.25) is 5.91 Å². The number of rotatable bonds is 3. The highest BCUT2D eigenvalue weighted by molar-refractivity contribution is 6.30. The van der Waals surface area contributed by atoms with Crippen molar-refractivity contribution in [2.24, 2.45) is 7.05 Å². The van der Waals surface area contributed by atoms with E-state index in [0.717, 1.165) is 16.5 Å². The van der Waals surface area contributed by atoms with Gasteiger partial charge in [0.15, 0.2) is 0 Å². The molecule has 1 N–H and O–H groups in total. The van der Waals surface area contributed by atoms with E-state index in [-0.39, 0.29) is 12.3 Å². The molecule has 0 saturated heterocycles. The third-order valence-electron chi connectivity index (χ3n) is 3.20. The summed E-state index contributed by atoms with van der Waals surface area (Å²) in [5.74, 6) is -0.115. The van der Waals surface area contributed by atoms with Gasteiger partial charge in [0, 0.05) is 17.5 Å². The third kappa shape index (κ3) is 2.87. The molecule has 1 aromatic carbocycles. The van der Waals surface area contributed by atoms with Gasteiger partial charge in [-0.2, -0.15) is 5.10 Å². The van der Waals surface area contributed by atoms with Crippen LogP contribution in [0.15, 0.2) is 42.9 Å². The molecule has 2 heterocycles. The molecule has 21 heavy (non-hydrogen) atoms. The minimum Gasteiger partial charge on any atom is -0.324 e. The van der Waals surface area contributed by atoms with Gasteiger partial charge >= 0.3 is 0 Å². The fourth-order valence-electron chi connectivity index (χ4n) is 2.19. The Balaban J connectivity index is 1.80. The molecule has 6 heteroatoms. The number of hydrogen-bond donors (Lipinski definition) is 1. The van der Waals surface area contributed by atoms with Gasteiger partial charge in [0.05, 0.1) is 36.2 Å². The number of aromatic nitrogens is 3. The summed E-state index contributed by atoms with van der Waals surface area (Å²) in [6.45, 7) is 0. The second-order valence-electron chi connectivity index (χ2n) is 4.74. The number of amides is 1. The first-order valence-corrected chi connectivity index (χ1v) is 6.81. The highest BCUT2D eigenvalue weighted by Gasteiger charge is 2.09. The van der Waals surface area contributed by atoms with Gasteiger partial charge in [0.25, 0.3) is 0 Å².